The maximum absolute atomic E-state index is 12.5. The number of halogens is 1. The fraction of sp³-hybridized carbons (Fsp3) is 0.125. The SMILES string of the molecule is O=C1C(Cc2ccc(Br)cc2)=N[C@@H](S)N1c1ccccc1. The lowest BCUT2D eigenvalue weighted by Gasteiger charge is -2.19. The summed E-state index contributed by atoms with van der Waals surface area (Å²) in [6.45, 7) is 0. The van der Waals surface area contributed by atoms with Crippen LogP contribution in [0.15, 0.2) is 64.1 Å². The van der Waals surface area contributed by atoms with E-state index in [9.17, 15) is 4.79 Å². The van der Waals surface area contributed by atoms with E-state index in [2.05, 4.69) is 33.6 Å². The highest BCUT2D eigenvalue weighted by molar-refractivity contribution is 9.10. The number of rotatable bonds is 3. The maximum atomic E-state index is 12.5. The molecule has 21 heavy (non-hydrogen) atoms. The van der Waals surface area contributed by atoms with E-state index in [0.29, 0.717) is 12.1 Å². The molecule has 2 aromatic rings. The molecule has 5 heteroatoms. The molecule has 0 saturated heterocycles. The van der Waals surface area contributed by atoms with Gasteiger partial charge in [-0.2, -0.15) is 0 Å². The van der Waals surface area contributed by atoms with Crippen LogP contribution in [-0.2, 0) is 11.2 Å². The van der Waals surface area contributed by atoms with Gasteiger partial charge in [-0.05, 0) is 29.8 Å². The van der Waals surface area contributed by atoms with Gasteiger partial charge in [0.2, 0.25) is 0 Å². The average Bonchev–Trinajstić information content (AvgIpc) is 2.77. The van der Waals surface area contributed by atoms with Crippen molar-refractivity contribution in [3.63, 3.8) is 0 Å². The lowest BCUT2D eigenvalue weighted by Crippen LogP contribution is -2.34. The summed E-state index contributed by atoms with van der Waals surface area (Å²) in [5.74, 6) is -0.0795. The summed E-state index contributed by atoms with van der Waals surface area (Å²) in [7, 11) is 0. The molecule has 1 aliphatic heterocycles. The van der Waals surface area contributed by atoms with Gasteiger partial charge in [-0.1, -0.05) is 46.3 Å². The van der Waals surface area contributed by atoms with Crippen molar-refractivity contribution in [1.82, 2.24) is 0 Å². The third-order valence-corrected chi connectivity index (χ3v) is 4.16. The number of anilines is 1. The highest BCUT2D eigenvalue weighted by Gasteiger charge is 2.32. The van der Waals surface area contributed by atoms with Crippen molar-refractivity contribution in [2.75, 3.05) is 4.90 Å². The van der Waals surface area contributed by atoms with Gasteiger partial charge in [0.05, 0.1) is 0 Å². The average molecular weight is 361 g/mol. The zero-order chi connectivity index (χ0) is 14.8. The largest absolute Gasteiger partial charge is 0.275 e. The lowest BCUT2D eigenvalue weighted by atomic mass is 10.1. The molecule has 2 aromatic carbocycles. The standard InChI is InChI=1S/C16H13BrN2OS/c17-12-8-6-11(7-9-12)10-14-15(20)19(16(21)18-14)13-4-2-1-3-5-13/h1-9,16,21H,10H2/t16-/m1/s1. The van der Waals surface area contributed by atoms with Gasteiger partial charge in [0, 0.05) is 16.6 Å². The van der Waals surface area contributed by atoms with Crippen molar-refractivity contribution < 1.29 is 4.79 Å². The van der Waals surface area contributed by atoms with Crippen LogP contribution in [0.1, 0.15) is 5.56 Å². The van der Waals surface area contributed by atoms with Crippen molar-refractivity contribution >= 4 is 45.9 Å². The third kappa shape index (κ3) is 3.04. The van der Waals surface area contributed by atoms with Crippen LogP contribution in [-0.4, -0.2) is 17.1 Å². The van der Waals surface area contributed by atoms with Crippen LogP contribution in [0.4, 0.5) is 5.69 Å². The van der Waals surface area contributed by atoms with Crippen molar-refractivity contribution in [1.29, 1.82) is 0 Å². The highest BCUT2D eigenvalue weighted by atomic mass is 79.9. The summed E-state index contributed by atoms with van der Waals surface area (Å²) in [6, 6.07) is 17.4. The van der Waals surface area contributed by atoms with Crippen LogP contribution < -0.4 is 4.90 Å². The Morgan fingerprint density at radius 2 is 1.76 bits per heavy atom. The van der Waals surface area contributed by atoms with Gasteiger partial charge in [0.15, 0.2) is 5.50 Å². The van der Waals surface area contributed by atoms with E-state index in [1.807, 2.05) is 54.6 Å². The van der Waals surface area contributed by atoms with Crippen molar-refractivity contribution in [3.05, 3.63) is 64.6 Å². The van der Waals surface area contributed by atoms with Gasteiger partial charge in [0.1, 0.15) is 5.71 Å². The second kappa shape index (κ2) is 6.03. The fourth-order valence-electron chi connectivity index (χ4n) is 2.25. The first-order chi connectivity index (χ1) is 10.1. The lowest BCUT2D eigenvalue weighted by molar-refractivity contribution is -0.112. The van der Waals surface area contributed by atoms with Gasteiger partial charge in [-0.15, -0.1) is 12.6 Å². The van der Waals surface area contributed by atoms with Gasteiger partial charge >= 0.3 is 0 Å². The molecule has 3 rings (SSSR count). The fourth-order valence-corrected chi connectivity index (χ4v) is 2.89. The molecule has 1 atom stereocenters. The zero-order valence-electron chi connectivity index (χ0n) is 11.1. The second-order valence-corrected chi connectivity index (χ2v) is 6.11. The number of thiol groups is 1. The van der Waals surface area contributed by atoms with Crippen LogP contribution in [0.25, 0.3) is 0 Å². The Balaban J connectivity index is 1.81. The van der Waals surface area contributed by atoms with Gasteiger partial charge in [0.25, 0.3) is 5.91 Å². The molecule has 1 heterocycles. The molecule has 0 spiro atoms. The summed E-state index contributed by atoms with van der Waals surface area (Å²) in [5.41, 5.74) is 1.96. The minimum absolute atomic E-state index is 0.0795. The number of hydrogen-bond donors (Lipinski definition) is 1. The zero-order valence-corrected chi connectivity index (χ0v) is 13.6. The molecule has 0 aromatic heterocycles. The highest BCUT2D eigenvalue weighted by Crippen LogP contribution is 2.25. The first-order valence-corrected chi connectivity index (χ1v) is 7.84. The predicted molar refractivity (Wildman–Crippen MR) is 92.0 cm³/mol. The predicted octanol–water partition coefficient (Wildman–Crippen LogP) is 3.69. The summed E-state index contributed by atoms with van der Waals surface area (Å²) >= 11 is 7.81. The normalized spacial score (nSPS) is 18.0. The molecule has 0 fully saturated rings. The topological polar surface area (TPSA) is 32.7 Å². The van der Waals surface area contributed by atoms with E-state index in [1.165, 1.54) is 0 Å². The molecule has 106 valence electrons. The van der Waals surface area contributed by atoms with E-state index in [1.54, 1.807) is 4.90 Å². The summed E-state index contributed by atoms with van der Waals surface area (Å²) in [4.78, 5) is 18.5. The second-order valence-electron chi connectivity index (χ2n) is 4.74. The minimum Gasteiger partial charge on any atom is -0.275 e. The van der Waals surface area contributed by atoms with Crippen LogP contribution in [0.3, 0.4) is 0 Å². The molecule has 3 nitrogen and oxygen atoms in total. The Labute approximate surface area is 137 Å². The number of carbonyl (C=O) groups excluding carboxylic acids is 1. The quantitative estimate of drug-likeness (QED) is 0.831. The van der Waals surface area contributed by atoms with Gasteiger partial charge in [-0.25, -0.2) is 4.99 Å². The molecule has 0 saturated carbocycles. The number of hydrogen-bond acceptors (Lipinski definition) is 3. The number of para-hydroxylation sites is 1. The van der Waals surface area contributed by atoms with E-state index in [0.717, 1.165) is 15.7 Å². The molecular weight excluding hydrogens is 348 g/mol. The van der Waals surface area contributed by atoms with Crippen LogP contribution in [0.2, 0.25) is 0 Å². The van der Waals surface area contributed by atoms with Crippen LogP contribution in [0, 0.1) is 0 Å². The molecule has 0 aliphatic carbocycles. The molecule has 0 unspecified atom stereocenters. The van der Waals surface area contributed by atoms with E-state index >= 15 is 0 Å². The first-order valence-electron chi connectivity index (χ1n) is 6.53. The first kappa shape index (κ1) is 14.4. The van der Waals surface area contributed by atoms with Gasteiger partial charge < -0.3 is 0 Å². The number of carbonyl (C=O) groups is 1. The molecule has 1 amide bonds. The molecular formula is C16H13BrN2OS. The number of nitrogens with zero attached hydrogens (tertiary/aromatic N) is 2. The number of aliphatic imine (C=N–C) groups is 1. The van der Waals surface area contributed by atoms with Crippen molar-refractivity contribution in [2.45, 2.75) is 11.9 Å². The maximum Gasteiger partial charge on any atom is 0.275 e. The Kier molecular flexibility index (Phi) is 4.12. The van der Waals surface area contributed by atoms with Crippen LogP contribution >= 0.6 is 28.6 Å². The van der Waals surface area contributed by atoms with E-state index in [4.69, 9.17) is 0 Å². The smallest absolute Gasteiger partial charge is 0.275 e. The number of benzene rings is 2. The third-order valence-electron chi connectivity index (χ3n) is 3.29. The Morgan fingerprint density at radius 3 is 2.43 bits per heavy atom. The van der Waals surface area contributed by atoms with Gasteiger partial charge in [-0.3, -0.25) is 9.69 Å². The Hall–Kier alpha value is -1.59. The summed E-state index contributed by atoms with van der Waals surface area (Å²) in [5, 5.41) is 0. The summed E-state index contributed by atoms with van der Waals surface area (Å²) in [6.07, 6.45) is 0.520. The Bertz CT molecular complexity index is 685. The monoisotopic (exact) mass is 360 g/mol. The van der Waals surface area contributed by atoms with E-state index < -0.39 is 5.50 Å². The van der Waals surface area contributed by atoms with Crippen LogP contribution in [0.5, 0.6) is 0 Å². The van der Waals surface area contributed by atoms with Crippen molar-refractivity contribution in [3.8, 4) is 0 Å². The number of amides is 1. The summed E-state index contributed by atoms with van der Waals surface area (Å²) < 4.78 is 1.02. The molecule has 0 N–H and O–H groups in total. The minimum atomic E-state index is -0.453. The molecule has 1 aliphatic rings. The molecule has 0 bridgehead atoms. The Morgan fingerprint density at radius 1 is 1.10 bits per heavy atom. The van der Waals surface area contributed by atoms with E-state index in [-0.39, 0.29) is 5.91 Å². The molecule has 0 radical (unpaired) electrons. The van der Waals surface area contributed by atoms with Crippen molar-refractivity contribution in [2.24, 2.45) is 4.99 Å².